The molecule has 0 spiro atoms. The summed E-state index contributed by atoms with van der Waals surface area (Å²) in [6.45, 7) is 6.99. The summed E-state index contributed by atoms with van der Waals surface area (Å²) in [5.41, 5.74) is 0.762. The predicted octanol–water partition coefficient (Wildman–Crippen LogP) is 2.20. The van der Waals surface area contributed by atoms with Crippen LogP contribution in [0, 0.1) is 5.92 Å². The maximum absolute atomic E-state index is 12.9. The number of amides is 1. The fraction of sp³-hybridized carbons (Fsp3) is 0.583. The molecule has 1 amide bonds. The van der Waals surface area contributed by atoms with E-state index in [1.165, 1.54) is 0 Å². The SMILES string of the molecule is C[C@@H](NC(=O)c1nc(OCC2CC2)nc(N2CCC(c3n[nH]c4ncccc34)CC2)n1)C(C)(C)O. The molecule has 11 heteroatoms. The van der Waals surface area contributed by atoms with Gasteiger partial charge in [-0.25, -0.2) is 4.98 Å². The van der Waals surface area contributed by atoms with Gasteiger partial charge in [-0.1, -0.05) is 0 Å². The van der Waals surface area contributed by atoms with Gasteiger partial charge in [-0.15, -0.1) is 0 Å². The quantitative estimate of drug-likeness (QED) is 0.442. The smallest absolute Gasteiger partial charge is 0.321 e. The van der Waals surface area contributed by atoms with Crippen LogP contribution in [0.4, 0.5) is 5.95 Å². The van der Waals surface area contributed by atoms with Gasteiger partial charge in [0, 0.05) is 30.6 Å². The lowest BCUT2D eigenvalue weighted by Crippen LogP contribution is -2.47. The first-order chi connectivity index (χ1) is 16.8. The van der Waals surface area contributed by atoms with E-state index in [-0.39, 0.29) is 11.8 Å². The van der Waals surface area contributed by atoms with E-state index in [9.17, 15) is 9.90 Å². The number of nitrogens with zero attached hydrogens (tertiary/aromatic N) is 6. The van der Waals surface area contributed by atoms with Crippen molar-refractivity contribution in [2.24, 2.45) is 5.92 Å². The monoisotopic (exact) mass is 480 g/mol. The van der Waals surface area contributed by atoms with Crippen LogP contribution in [-0.2, 0) is 0 Å². The molecule has 2 fully saturated rings. The Balaban J connectivity index is 1.33. The van der Waals surface area contributed by atoms with Crippen LogP contribution in [0.5, 0.6) is 6.01 Å². The number of hydrogen-bond acceptors (Lipinski definition) is 9. The van der Waals surface area contributed by atoms with E-state index in [2.05, 4.69) is 40.3 Å². The molecule has 1 saturated heterocycles. The molecule has 3 aromatic rings. The molecule has 0 bridgehead atoms. The molecule has 5 rings (SSSR count). The van der Waals surface area contributed by atoms with Crippen molar-refractivity contribution in [3.63, 3.8) is 0 Å². The van der Waals surface area contributed by atoms with Crippen molar-refractivity contribution in [2.45, 2.75) is 64.0 Å². The third-order valence-corrected chi connectivity index (χ3v) is 6.89. The highest BCUT2D eigenvalue weighted by molar-refractivity contribution is 5.91. The molecule has 186 valence electrons. The highest BCUT2D eigenvalue weighted by Gasteiger charge is 2.29. The first-order valence-electron chi connectivity index (χ1n) is 12.2. The van der Waals surface area contributed by atoms with Gasteiger partial charge in [0.25, 0.3) is 5.91 Å². The van der Waals surface area contributed by atoms with Gasteiger partial charge in [0.05, 0.1) is 23.9 Å². The fourth-order valence-electron chi connectivity index (χ4n) is 4.11. The number of anilines is 1. The Hall–Kier alpha value is -3.34. The number of aliphatic hydroxyl groups is 1. The molecule has 2 aliphatic rings. The molecule has 11 nitrogen and oxygen atoms in total. The Labute approximate surface area is 203 Å². The van der Waals surface area contributed by atoms with Crippen LogP contribution in [-0.4, -0.2) is 72.5 Å². The number of carbonyl (C=O) groups is 1. The van der Waals surface area contributed by atoms with Crippen molar-refractivity contribution in [2.75, 3.05) is 24.6 Å². The zero-order valence-electron chi connectivity index (χ0n) is 20.4. The van der Waals surface area contributed by atoms with Crippen molar-refractivity contribution < 1.29 is 14.6 Å². The first kappa shape index (κ1) is 23.4. The molecule has 1 aliphatic carbocycles. The number of pyridine rings is 1. The molecule has 1 saturated carbocycles. The Morgan fingerprint density at radius 1 is 1.26 bits per heavy atom. The number of aromatic amines is 1. The number of rotatable bonds is 8. The predicted molar refractivity (Wildman–Crippen MR) is 129 cm³/mol. The third kappa shape index (κ3) is 5.34. The van der Waals surface area contributed by atoms with Crippen LogP contribution >= 0.6 is 0 Å². The number of piperidine rings is 1. The molecular formula is C24H32N8O3. The summed E-state index contributed by atoms with van der Waals surface area (Å²) in [5.74, 6) is 0.774. The normalized spacial score (nSPS) is 18.0. The molecule has 3 aromatic heterocycles. The summed E-state index contributed by atoms with van der Waals surface area (Å²) in [4.78, 5) is 32.6. The molecule has 0 unspecified atom stereocenters. The van der Waals surface area contributed by atoms with Gasteiger partial charge in [0.2, 0.25) is 11.8 Å². The largest absolute Gasteiger partial charge is 0.463 e. The topological polar surface area (TPSA) is 142 Å². The Morgan fingerprint density at radius 3 is 2.74 bits per heavy atom. The summed E-state index contributed by atoms with van der Waals surface area (Å²) in [5, 5.41) is 21.6. The second-order valence-electron chi connectivity index (χ2n) is 10.1. The van der Waals surface area contributed by atoms with E-state index in [4.69, 9.17) is 4.74 Å². The van der Waals surface area contributed by atoms with Crippen LogP contribution in [0.15, 0.2) is 18.3 Å². The second kappa shape index (κ2) is 9.37. The highest BCUT2D eigenvalue weighted by atomic mass is 16.5. The molecule has 1 atom stereocenters. The number of nitrogens with one attached hydrogen (secondary N) is 2. The van der Waals surface area contributed by atoms with Crippen LogP contribution in [0.25, 0.3) is 11.0 Å². The van der Waals surface area contributed by atoms with Gasteiger partial charge in [-0.05, 0) is 64.5 Å². The maximum atomic E-state index is 12.9. The van der Waals surface area contributed by atoms with Crippen molar-refractivity contribution in [1.82, 2.24) is 35.5 Å². The van der Waals surface area contributed by atoms with Crippen molar-refractivity contribution in [3.8, 4) is 6.01 Å². The number of H-pyrrole nitrogens is 1. The van der Waals surface area contributed by atoms with Crippen molar-refractivity contribution >= 4 is 22.9 Å². The zero-order chi connectivity index (χ0) is 24.6. The molecule has 4 heterocycles. The van der Waals surface area contributed by atoms with Crippen molar-refractivity contribution in [1.29, 1.82) is 0 Å². The third-order valence-electron chi connectivity index (χ3n) is 6.89. The highest BCUT2D eigenvalue weighted by Crippen LogP contribution is 2.32. The minimum atomic E-state index is -1.08. The van der Waals surface area contributed by atoms with Gasteiger partial charge in [-0.3, -0.25) is 9.89 Å². The van der Waals surface area contributed by atoms with Gasteiger partial charge in [0.15, 0.2) is 5.65 Å². The maximum Gasteiger partial charge on any atom is 0.321 e. The Kier molecular flexibility index (Phi) is 6.26. The summed E-state index contributed by atoms with van der Waals surface area (Å²) in [6, 6.07) is 3.65. The van der Waals surface area contributed by atoms with E-state index in [0.717, 1.165) is 42.4 Å². The van der Waals surface area contributed by atoms with E-state index >= 15 is 0 Å². The van der Waals surface area contributed by atoms with E-state index in [0.29, 0.717) is 37.5 Å². The van der Waals surface area contributed by atoms with Crippen LogP contribution in [0.3, 0.4) is 0 Å². The minimum absolute atomic E-state index is 0.0107. The van der Waals surface area contributed by atoms with Crippen LogP contribution in [0.2, 0.25) is 0 Å². The lowest BCUT2D eigenvalue weighted by atomic mass is 9.92. The summed E-state index contributed by atoms with van der Waals surface area (Å²) in [6.07, 6.45) is 5.78. The zero-order valence-corrected chi connectivity index (χ0v) is 20.4. The average Bonchev–Trinajstić information content (AvgIpc) is 3.58. The number of fused-ring (bicyclic) bond motifs is 1. The van der Waals surface area contributed by atoms with Crippen LogP contribution in [0.1, 0.15) is 68.7 Å². The summed E-state index contributed by atoms with van der Waals surface area (Å²) >= 11 is 0. The minimum Gasteiger partial charge on any atom is -0.463 e. The first-order valence-corrected chi connectivity index (χ1v) is 12.2. The molecule has 0 aromatic carbocycles. The number of carbonyl (C=O) groups excluding carboxylic acids is 1. The number of aromatic nitrogens is 6. The Morgan fingerprint density at radius 2 is 2.03 bits per heavy atom. The summed E-state index contributed by atoms with van der Waals surface area (Å²) in [7, 11) is 0. The van der Waals surface area contributed by atoms with Gasteiger partial charge in [0.1, 0.15) is 0 Å². The average molecular weight is 481 g/mol. The van der Waals surface area contributed by atoms with Crippen LogP contribution < -0.4 is 15.0 Å². The van der Waals surface area contributed by atoms with E-state index < -0.39 is 17.6 Å². The van der Waals surface area contributed by atoms with E-state index in [1.807, 2.05) is 12.1 Å². The molecule has 35 heavy (non-hydrogen) atoms. The second-order valence-corrected chi connectivity index (χ2v) is 10.1. The lowest BCUT2D eigenvalue weighted by Gasteiger charge is -2.31. The van der Waals surface area contributed by atoms with Gasteiger partial charge < -0.3 is 20.1 Å². The molecule has 0 radical (unpaired) electrons. The lowest BCUT2D eigenvalue weighted by molar-refractivity contribution is 0.0405. The summed E-state index contributed by atoms with van der Waals surface area (Å²) < 4.78 is 5.81. The van der Waals surface area contributed by atoms with Crippen molar-refractivity contribution in [3.05, 3.63) is 29.8 Å². The fourth-order valence-corrected chi connectivity index (χ4v) is 4.11. The molecule has 1 aliphatic heterocycles. The number of ether oxygens (including phenoxy) is 1. The molecule has 3 N–H and O–H groups in total. The molecular weight excluding hydrogens is 448 g/mol. The van der Waals surface area contributed by atoms with Gasteiger partial charge >= 0.3 is 6.01 Å². The van der Waals surface area contributed by atoms with E-state index in [1.54, 1.807) is 27.0 Å². The Bertz CT molecular complexity index is 1190. The number of hydrogen-bond donors (Lipinski definition) is 3. The van der Waals surface area contributed by atoms with Gasteiger partial charge in [-0.2, -0.15) is 20.1 Å². The standard InChI is InChI=1S/C24H32N8O3/c1-14(24(2,3)34)26-21(33)20-27-22(29-23(28-20)35-13-15-6-7-15)32-11-8-16(9-12-32)18-17-5-4-10-25-19(17)31-30-18/h4-5,10,14-16,34H,6-9,11-13H2,1-3H3,(H,26,33)(H,25,30,31)/t14-/m1/s1.